The zero-order valence-electron chi connectivity index (χ0n) is 7.42. The minimum atomic E-state index is -1.75. The molecule has 0 atom stereocenters. The van der Waals surface area contributed by atoms with Gasteiger partial charge in [0, 0.05) is 0 Å². The Morgan fingerprint density at radius 2 is 1.86 bits per heavy atom. The Hall–Kier alpha value is 1.80. The lowest BCUT2D eigenvalue weighted by molar-refractivity contribution is 0.291. The molecule has 0 aliphatic rings. The zero-order valence-corrected chi connectivity index (χ0v) is 14.0. The second-order valence-electron chi connectivity index (χ2n) is 2.72. The summed E-state index contributed by atoms with van der Waals surface area (Å²) in [6.07, 6.45) is 2.04. The molecule has 0 spiro atoms. The molecule has 7 heteroatoms. The fourth-order valence-electron chi connectivity index (χ4n) is 0.698. The van der Waals surface area contributed by atoms with Crippen molar-refractivity contribution in [3.05, 3.63) is 0 Å². The third-order valence-electron chi connectivity index (χ3n) is 1.30. The molecule has 0 amide bonds. The van der Waals surface area contributed by atoms with Gasteiger partial charge in [0.2, 0.25) is 5.90 Å². The van der Waals surface area contributed by atoms with Crippen LogP contribution in [-0.4, -0.2) is 17.7 Å². The van der Waals surface area contributed by atoms with Crippen LogP contribution >= 0.6 is 80.0 Å². The molecule has 0 unspecified atom stereocenters. The maximum Gasteiger partial charge on any atom is 0.265 e. The maximum absolute atomic E-state index is 7.33. The van der Waals surface area contributed by atoms with Crippen molar-refractivity contribution in [1.82, 2.24) is 0 Å². The summed E-state index contributed by atoms with van der Waals surface area (Å²) in [5.74, 6) is -0.323. The van der Waals surface area contributed by atoms with Crippen LogP contribution in [0.25, 0.3) is 0 Å². The molecule has 0 aromatic heterocycles. The zero-order chi connectivity index (χ0) is 11.4. The van der Waals surface area contributed by atoms with Gasteiger partial charge in [0.05, 0.1) is 0 Å². The number of hydrogen-bond acceptors (Lipinski definition) is 2. The van der Waals surface area contributed by atoms with E-state index in [9.17, 15) is 0 Å². The molecule has 0 aliphatic carbocycles. The standard InChI is InChI=1S/C7H10Cl3I2NO/c1-2-3-6(11,12)4-14-5(13)7(8,9)10/h13H,2-4H2,1H3. The van der Waals surface area contributed by atoms with E-state index in [1.807, 2.05) is 0 Å². The largest absolute Gasteiger partial charge is 0.476 e. The summed E-state index contributed by atoms with van der Waals surface area (Å²) in [6, 6.07) is 0. The molecule has 0 saturated carbocycles. The van der Waals surface area contributed by atoms with Crippen LogP contribution in [-0.2, 0) is 4.74 Å². The molecule has 1 N–H and O–H groups in total. The number of alkyl halides is 5. The lowest BCUT2D eigenvalue weighted by atomic mass is 10.3. The van der Waals surface area contributed by atoms with Crippen molar-refractivity contribution in [3.8, 4) is 0 Å². The quantitative estimate of drug-likeness (QED) is 0.267. The van der Waals surface area contributed by atoms with Gasteiger partial charge in [0.25, 0.3) is 3.79 Å². The first-order valence-corrected chi connectivity index (χ1v) is 7.14. The first-order chi connectivity index (χ1) is 6.19. The summed E-state index contributed by atoms with van der Waals surface area (Å²) in [6.45, 7) is 2.46. The number of nitrogens with one attached hydrogen (secondary N) is 1. The number of ether oxygens (including phenoxy) is 1. The van der Waals surface area contributed by atoms with Crippen molar-refractivity contribution < 1.29 is 4.74 Å². The van der Waals surface area contributed by atoms with Crippen molar-refractivity contribution in [3.63, 3.8) is 0 Å². The van der Waals surface area contributed by atoms with Crippen LogP contribution < -0.4 is 0 Å². The summed E-state index contributed by atoms with van der Waals surface area (Å²) in [5, 5.41) is 7.33. The van der Waals surface area contributed by atoms with Crippen molar-refractivity contribution in [2.75, 3.05) is 6.61 Å². The Kier molecular flexibility index (Phi) is 7.35. The van der Waals surface area contributed by atoms with Crippen LogP contribution in [0.15, 0.2) is 0 Å². The molecule has 2 nitrogen and oxygen atoms in total. The first kappa shape index (κ1) is 15.8. The lowest BCUT2D eigenvalue weighted by Crippen LogP contribution is -2.27. The monoisotopic (exact) mass is 483 g/mol. The highest BCUT2D eigenvalue weighted by molar-refractivity contribution is 14.2. The summed E-state index contributed by atoms with van der Waals surface area (Å²) in [7, 11) is 0. The van der Waals surface area contributed by atoms with Crippen molar-refractivity contribution in [2.45, 2.75) is 25.0 Å². The molecule has 84 valence electrons. The van der Waals surface area contributed by atoms with E-state index >= 15 is 0 Å². The number of hydrogen-bond donors (Lipinski definition) is 1. The van der Waals surface area contributed by atoms with Crippen LogP contribution in [0, 0.1) is 5.41 Å². The van der Waals surface area contributed by atoms with E-state index in [1.54, 1.807) is 0 Å². The highest BCUT2D eigenvalue weighted by atomic mass is 127. The van der Waals surface area contributed by atoms with Gasteiger partial charge in [-0.05, 0) is 6.42 Å². The van der Waals surface area contributed by atoms with Crippen LogP contribution in [0.3, 0.4) is 0 Å². The first-order valence-electron chi connectivity index (χ1n) is 3.85. The van der Waals surface area contributed by atoms with Gasteiger partial charge in [0.1, 0.15) is 8.04 Å². The highest BCUT2D eigenvalue weighted by Gasteiger charge is 2.31. The Bertz CT molecular complexity index is 206. The van der Waals surface area contributed by atoms with Crippen LogP contribution in [0.5, 0.6) is 0 Å². The van der Waals surface area contributed by atoms with Gasteiger partial charge < -0.3 is 4.74 Å². The molecule has 0 aliphatic heterocycles. The fraction of sp³-hybridized carbons (Fsp3) is 0.857. The smallest absolute Gasteiger partial charge is 0.265 e. The van der Waals surface area contributed by atoms with Crippen LogP contribution in [0.1, 0.15) is 19.8 Å². The predicted molar refractivity (Wildman–Crippen MR) is 79.6 cm³/mol. The number of rotatable bonds is 4. The third kappa shape index (κ3) is 7.14. The summed E-state index contributed by atoms with van der Waals surface area (Å²) in [4.78, 5) is 0. The molecule has 0 rings (SSSR count). The van der Waals surface area contributed by atoms with Gasteiger partial charge in [-0.1, -0.05) is 93.3 Å². The topological polar surface area (TPSA) is 33.1 Å². The SMILES string of the molecule is CCCC(I)(I)COC(=N)C(Cl)(Cl)Cl. The van der Waals surface area contributed by atoms with E-state index in [-0.39, 0.29) is 7.33 Å². The second-order valence-corrected chi connectivity index (χ2v) is 11.2. The van der Waals surface area contributed by atoms with Gasteiger partial charge in [0.15, 0.2) is 0 Å². The van der Waals surface area contributed by atoms with E-state index in [0.29, 0.717) is 6.61 Å². The van der Waals surface area contributed by atoms with E-state index in [2.05, 4.69) is 52.1 Å². The van der Waals surface area contributed by atoms with Crippen LogP contribution in [0.4, 0.5) is 0 Å². The molecule has 0 heterocycles. The Morgan fingerprint density at radius 3 is 2.21 bits per heavy atom. The summed E-state index contributed by atoms with van der Waals surface area (Å²) < 4.78 is 3.29. The summed E-state index contributed by atoms with van der Waals surface area (Å²) in [5.41, 5.74) is 0. The average Bonchev–Trinajstić information content (AvgIpc) is 1.98. The molecule has 0 fully saturated rings. The Morgan fingerprint density at radius 1 is 1.36 bits per heavy atom. The van der Waals surface area contributed by atoms with Gasteiger partial charge in [-0.15, -0.1) is 0 Å². The van der Waals surface area contributed by atoms with Crippen molar-refractivity contribution in [2.24, 2.45) is 0 Å². The third-order valence-corrected chi connectivity index (χ3v) is 3.52. The Labute approximate surface area is 126 Å². The lowest BCUT2D eigenvalue weighted by Gasteiger charge is -2.22. The highest BCUT2D eigenvalue weighted by Crippen LogP contribution is 2.35. The van der Waals surface area contributed by atoms with E-state index in [0.717, 1.165) is 12.8 Å². The Balaban J connectivity index is 4.00. The molecule has 0 radical (unpaired) electrons. The normalized spacial score (nSPS) is 12.7. The maximum atomic E-state index is 7.33. The van der Waals surface area contributed by atoms with E-state index in [1.165, 1.54) is 0 Å². The number of halogens is 5. The summed E-state index contributed by atoms with van der Waals surface area (Å²) >= 11 is 20.9. The van der Waals surface area contributed by atoms with Crippen LogP contribution in [0.2, 0.25) is 0 Å². The van der Waals surface area contributed by atoms with Gasteiger partial charge >= 0.3 is 0 Å². The molecule has 0 aromatic rings. The fourth-order valence-corrected chi connectivity index (χ4v) is 2.25. The van der Waals surface area contributed by atoms with Crippen molar-refractivity contribution in [1.29, 1.82) is 5.41 Å². The minimum Gasteiger partial charge on any atom is -0.476 e. The molecule has 14 heavy (non-hydrogen) atoms. The average molecular weight is 484 g/mol. The molecule has 0 saturated heterocycles. The van der Waals surface area contributed by atoms with Crippen molar-refractivity contribution >= 4 is 85.9 Å². The molecule has 0 aromatic carbocycles. The second kappa shape index (κ2) is 6.51. The molecular formula is C7H10Cl3I2NO. The molecular weight excluding hydrogens is 474 g/mol. The van der Waals surface area contributed by atoms with E-state index in [4.69, 9.17) is 44.9 Å². The van der Waals surface area contributed by atoms with E-state index < -0.39 is 3.79 Å². The van der Waals surface area contributed by atoms with Gasteiger partial charge in [-0.25, -0.2) is 0 Å². The van der Waals surface area contributed by atoms with Gasteiger partial charge in [-0.2, -0.15) is 0 Å². The predicted octanol–water partition coefficient (Wildman–Crippen LogP) is 4.72. The van der Waals surface area contributed by atoms with Gasteiger partial charge in [-0.3, -0.25) is 5.41 Å². The minimum absolute atomic E-state index is 0.0491. The molecule has 0 bridgehead atoms.